The number of alkyl halides is 3. The first-order chi connectivity index (χ1) is 11.8. The van der Waals surface area contributed by atoms with E-state index in [2.05, 4.69) is 34.3 Å². The SMILES string of the molecule is CN1CCN(CCCNC(=O)NCC(F)(F)F)[C@@H](c2ccccc2)C1. The number of rotatable bonds is 6. The third-order valence-corrected chi connectivity index (χ3v) is 4.24. The van der Waals surface area contributed by atoms with Crippen LogP contribution in [0.1, 0.15) is 18.0 Å². The molecule has 2 rings (SSSR count). The predicted octanol–water partition coefficient (Wildman–Crippen LogP) is 2.23. The van der Waals surface area contributed by atoms with Gasteiger partial charge in [-0.2, -0.15) is 13.2 Å². The maximum atomic E-state index is 12.0. The Labute approximate surface area is 146 Å². The van der Waals surface area contributed by atoms with E-state index in [1.54, 1.807) is 5.32 Å². The van der Waals surface area contributed by atoms with Gasteiger partial charge in [0, 0.05) is 38.8 Å². The summed E-state index contributed by atoms with van der Waals surface area (Å²) in [4.78, 5) is 16.0. The molecule has 0 aliphatic carbocycles. The van der Waals surface area contributed by atoms with Crippen LogP contribution in [0.5, 0.6) is 0 Å². The number of benzene rings is 1. The largest absolute Gasteiger partial charge is 0.405 e. The number of nitrogens with zero attached hydrogens (tertiary/aromatic N) is 2. The van der Waals surface area contributed by atoms with Crippen LogP contribution in [0.2, 0.25) is 0 Å². The summed E-state index contributed by atoms with van der Waals surface area (Å²) in [5, 5.41) is 4.28. The van der Waals surface area contributed by atoms with Gasteiger partial charge in [-0.1, -0.05) is 30.3 Å². The third kappa shape index (κ3) is 6.91. The molecular weight excluding hydrogens is 333 g/mol. The van der Waals surface area contributed by atoms with Crippen molar-refractivity contribution in [1.82, 2.24) is 20.4 Å². The molecule has 1 atom stereocenters. The Bertz CT molecular complexity index is 538. The highest BCUT2D eigenvalue weighted by Crippen LogP contribution is 2.24. The Balaban J connectivity index is 1.76. The van der Waals surface area contributed by atoms with Crippen LogP contribution >= 0.6 is 0 Å². The van der Waals surface area contributed by atoms with E-state index >= 15 is 0 Å². The second kappa shape index (κ2) is 9.05. The number of halogens is 3. The average molecular weight is 358 g/mol. The number of hydrogen-bond donors (Lipinski definition) is 2. The standard InChI is InChI=1S/C17H25F3N4O/c1-23-10-11-24(15(12-23)14-6-3-2-4-7-14)9-5-8-21-16(25)22-13-17(18,19)20/h2-4,6-7,15H,5,8-13H2,1H3,(H2,21,22,25)/t15-/m1/s1. The fraction of sp³-hybridized carbons (Fsp3) is 0.588. The molecule has 1 heterocycles. The van der Waals surface area contributed by atoms with Gasteiger partial charge in [0.05, 0.1) is 0 Å². The fourth-order valence-corrected chi connectivity index (χ4v) is 2.94. The Morgan fingerprint density at radius 3 is 2.60 bits per heavy atom. The first kappa shape index (κ1) is 19.5. The van der Waals surface area contributed by atoms with Crippen molar-refractivity contribution in [2.75, 3.05) is 46.3 Å². The molecule has 0 radical (unpaired) electrons. The van der Waals surface area contributed by atoms with Crippen LogP contribution in [0.25, 0.3) is 0 Å². The van der Waals surface area contributed by atoms with Crippen LogP contribution in [0, 0.1) is 0 Å². The summed E-state index contributed by atoms with van der Waals surface area (Å²) in [6.45, 7) is 2.65. The van der Waals surface area contributed by atoms with Gasteiger partial charge in [0.2, 0.25) is 0 Å². The number of carbonyl (C=O) groups is 1. The molecule has 0 saturated carbocycles. The highest BCUT2D eigenvalue weighted by Gasteiger charge is 2.28. The zero-order chi connectivity index (χ0) is 18.3. The number of carbonyl (C=O) groups excluding carboxylic acids is 1. The Hall–Kier alpha value is -1.80. The molecule has 0 spiro atoms. The van der Waals surface area contributed by atoms with Gasteiger partial charge >= 0.3 is 12.2 Å². The minimum Gasteiger partial charge on any atom is -0.338 e. The Morgan fingerprint density at radius 1 is 1.20 bits per heavy atom. The second-order valence-electron chi connectivity index (χ2n) is 6.30. The summed E-state index contributed by atoms with van der Waals surface area (Å²) in [5.41, 5.74) is 1.25. The van der Waals surface area contributed by atoms with E-state index in [9.17, 15) is 18.0 Å². The van der Waals surface area contributed by atoms with Crippen molar-refractivity contribution in [3.05, 3.63) is 35.9 Å². The summed E-state index contributed by atoms with van der Waals surface area (Å²) in [6, 6.07) is 9.77. The van der Waals surface area contributed by atoms with Gasteiger partial charge in [-0.15, -0.1) is 0 Å². The van der Waals surface area contributed by atoms with E-state index in [0.717, 1.165) is 26.2 Å². The number of hydrogen-bond acceptors (Lipinski definition) is 3. The van der Waals surface area contributed by atoms with Gasteiger partial charge in [-0.3, -0.25) is 4.90 Å². The molecule has 0 unspecified atom stereocenters. The highest BCUT2D eigenvalue weighted by atomic mass is 19.4. The molecule has 0 bridgehead atoms. The normalized spacial score (nSPS) is 19.6. The van der Waals surface area contributed by atoms with Crippen molar-refractivity contribution < 1.29 is 18.0 Å². The average Bonchev–Trinajstić information content (AvgIpc) is 2.58. The summed E-state index contributed by atoms with van der Waals surface area (Å²) in [5.74, 6) is 0. The van der Waals surface area contributed by atoms with Gasteiger partial charge in [0.25, 0.3) is 0 Å². The van der Waals surface area contributed by atoms with Crippen LogP contribution in [0.15, 0.2) is 30.3 Å². The number of nitrogens with one attached hydrogen (secondary N) is 2. The highest BCUT2D eigenvalue weighted by molar-refractivity contribution is 5.73. The van der Waals surface area contributed by atoms with Crippen LogP contribution in [0.3, 0.4) is 0 Å². The summed E-state index contributed by atoms with van der Waals surface area (Å²) in [7, 11) is 2.10. The summed E-state index contributed by atoms with van der Waals surface area (Å²) < 4.78 is 36.1. The van der Waals surface area contributed by atoms with Crippen molar-refractivity contribution in [3.8, 4) is 0 Å². The monoisotopic (exact) mass is 358 g/mol. The van der Waals surface area contributed by atoms with E-state index in [0.29, 0.717) is 19.0 Å². The maximum absolute atomic E-state index is 12.0. The molecule has 0 aromatic heterocycles. The molecular formula is C17H25F3N4O. The Morgan fingerprint density at radius 2 is 1.92 bits per heavy atom. The number of urea groups is 1. The molecule has 5 nitrogen and oxygen atoms in total. The summed E-state index contributed by atoms with van der Waals surface area (Å²) in [6.07, 6.45) is -3.70. The molecule has 1 fully saturated rings. The predicted molar refractivity (Wildman–Crippen MR) is 90.3 cm³/mol. The number of piperazine rings is 1. The van der Waals surface area contributed by atoms with Crippen LogP contribution in [0.4, 0.5) is 18.0 Å². The lowest BCUT2D eigenvalue weighted by molar-refractivity contribution is -0.122. The van der Waals surface area contributed by atoms with Crippen molar-refractivity contribution in [2.45, 2.75) is 18.6 Å². The van der Waals surface area contributed by atoms with Crippen molar-refractivity contribution in [1.29, 1.82) is 0 Å². The number of likely N-dealkylation sites (N-methyl/N-ethyl adjacent to an activating group) is 1. The molecule has 1 aromatic rings. The second-order valence-corrected chi connectivity index (χ2v) is 6.30. The lowest BCUT2D eigenvalue weighted by Gasteiger charge is -2.40. The zero-order valence-corrected chi connectivity index (χ0v) is 14.4. The van der Waals surface area contributed by atoms with E-state index < -0.39 is 18.8 Å². The lowest BCUT2D eigenvalue weighted by Crippen LogP contribution is -2.47. The molecule has 8 heteroatoms. The third-order valence-electron chi connectivity index (χ3n) is 4.24. The van der Waals surface area contributed by atoms with Crippen LogP contribution in [-0.4, -0.2) is 68.3 Å². The molecule has 1 aliphatic rings. The molecule has 1 aliphatic heterocycles. The number of amides is 2. The molecule has 2 amide bonds. The van der Waals surface area contributed by atoms with E-state index in [-0.39, 0.29) is 0 Å². The van der Waals surface area contributed by atoms with Crippen molar-refractivity contribution in [3.63, 3.8) is 0 Å². The topological polar surface area (TPSA) is 47.6 Å². The van der Waals surface area contributed by atoms with Crippen molar-refractivity contribution >= 4 is 6.03 Å². The lowest BCUT2D eigenvalue weighted by atomic mass is 10.0. The molecule has 1 saturated heterocycles. The minimum atomic E-state index is -4.39. The van der Waals surface area contributed by atoms with E-state index in [1.807, 2.05) is 18.2 Å². The minimum absolute atomic E-state index is 0.291. The van der Waals surface area contributed by atoms with Gasteiger partial charge in [0.15, 0.2) is 0 Å². The molecule has 140 valence electrons. The van der Waals surface area contributed by atoms with E-state index in [4.69, 9.17) is 0 Å². The van der Waals surface area contributed by atoms with Gasteiger partial charge < -0.3 is 15.5 Å². The van der Waals surface area contributed by atoms with Gasteiger partial charge in [-0.25, -0.2) is 4.79 Å². The first-order valence-electron chi connectivity index (χ1n) is 8.41. The van der Waals surface area contributed by atoms with E-state index in [1.165, 1.54) is 5.56 Å². The summed E-state index contributed by atoms with van der Waals surface area (Å²) >= 11 is 0. The fourth-order valence-electron chi connectivity index (χ4n) is 2.94. The molecule has 1 aromatic carbocycles. The van der Waals surface area contributed by atoms with Gasteiger partial charge in [0.1, 0.15) is 6.54 Å². The smallest absolute Gasteiger partial charge is 0.338 e. The van der Waals surface area contributed by atoms with Crippen LogP contribution in [-0.2, 0) is 0 Å². The van der Waals surface area contributed by atoms with Crippen LogP contribution < -0.4 is 10.6 Å². The first-order valence-corrected chi connectivity index (χ1v) is 8.41. The molecule has 25 heavy (non-hydrogen) atoms. The maximum Gasteiger partial charge on any atom is 0.405 e. The van der Waals surface area contributed by atoms with Crippen molar-refractivity contribution in [2.24, 2.45) is 0 Å². The quantitative estimate of drug-likeness (QED) is 0.767. The molecule has 2 N–H and O–H groups in total. The van der Waals surface area contributed by atoms with Gasteiger partial charge in [-0.05, 0) is 19.0 Å². The zero-order valence-electron chi connectivity index (χ0n) is 14.4. The Kier molecular flexibility index (Phi) is 7.07.